The zero-order chi connectivity index (χ0) is 39.3. The molecule has 5 aliphatic rings. The smallest absolute Gasteiger partial charge is 0.336 e. The number of hydrogen-bond donors (Lipinski definition) is 3. The first-order valence-corrected chi connectivity index (χ1v) is 20.9. The summed E-state index contributed by atoms with van der Waals surface area (Å²) in [6.45, 7) is 6.05. The zero-order valence-electron chi connectivity index (χ0n) is 32.7. The van der Waals surface area contributed by atoms with E-state index in [0.717, 1.165) is 131 Å². The highest BCUT2D eigenvalue weighted by Crippen LogP contribution is 2.48. The van der Waals surface area contributed by atoms with Crippen LogP contribution in [0.4, 0.5) is 5.69 Å². The number of carbonyl (C=O) groups excluding carboxylic acids is 2. The maximum atomic E-state index is 13.7. The molecule has 298 valence electrons. The highest BCUT2D eigenvalue weighted by molar-refractivity contribution is 6.02. The first-order valence-electron chi connectivity index (χ1n) is 20.9. The summed E-state index contributed by atoms with van der Waals surface area (Å²) < 4.78 is 14.9. The van der Waals surface area contributed by atoms with Crippen LogP contribution in [0.5, 0.6) is 11.5 Å². The summed E-state index contributed by atoms with van der Waals surface area (Å²) in [7, 11) is 0. The molecule has 5 aliphatic heterocycles. The molecule has 0 radical (unpaired) electrons. The van der Waals surface area contributed by atoms with Gasteiger partial charge in [0.25, 0.3) is 5.91 Å². The number of aromatic carboxylic acids is 1. The largest absolute Gasteiger partial charge is 0.478 e. The van der Waals surface area contributed by atoms with E-state index in [-0.39, 0.29) is 37.0 Å². The number of carboxylic acid groups (broad SMARTS) is 1. The van der Waals surface area contributed by atoms with Crippen molar-refractivity contribution in [3.05, 3.63) is 95.9 Å². The van der Waals surface area contributed by atoms with Crippen molar-refractivity contribution in [3.8, 4) is 11.5 Å². The van der Waals surface area contributed by atoms with E-state index in [0.29, 0.717) is 30.8 Å². The lowest BCUT2D eigenvalue weighted by Crippen LogP contribution is -2.45. The van der Waals surface area contributed by atoms with Crippen LogP contribution in [0.25, 0.3) is 16.0 Å². The minimum Gasteiger partial charge on any atom is -0.478 e. The summed E-state index contributed by atoms with van der Waals surface area (Å²) in [5.41, 5.74) is 17.6. The van der Waals surface area contributed by atoms with Gasteiger partial charge >= 0.3 is 5.97 Å². The molecular weight excluding hydrogens is 723 g/mol. The van der Waals surface area contributed by atoms with Gasteiger partial charge in [-0.15, -0.1) is 0 Å². The second kappa shape index (κ2) is 17.4. The standard InChI is InChI=1S/C44H51N7O6/c45-49-48-18-24-56-23-15-37(52)46-16-3-1-2-4-17-47-43(53)30-13-14-31(44(54)55)34(27-30)38-35-25-28-9-5-19-50-21-7-11-32(39(28)50)41(35)57-42-33-12-8-22-51-20-6-10-29(40(33)51)26-36(38)42/h13-14,25-27H,1-12,15-24H2,(H2-,46,47,52,53,54,55)/p+1. The quantitative estimate of drug-likeness (QED) is 0.0476. The molecule has 0 saturated carbocycles. The third-order valence-corrected chi connectivity index (χ3v) is 12.1. The molecule has 0 aliphatic carbocycles. The Morgan fingerprint density at radius 2 is 1.61 bits per heavy atom. The number of carboxylic acids is 1. The van der Waals surface area contributed by atoms with Gasteiger partial charge in [-0.2, -0.15) is 0 Å². The van der Waals surface area contributed by atoms with Gasteiger partial charge in [0.05, 0.1) is 24.3 Å². The average molecular weight is 775 g/mol. The highest BCUT2D eigenvalue weighted by atomic mass is 16.5. The van der Waals surface area contributed by atoms with E-state index >= 15 is 0 Å². The van der Waals surface area contributed by atoms with Crippen molar-refractivity contribution in [2.24, 2.45) is 5.11 Å². The van der Waals surface area contributed by atoms with Crippen LogP contribution in [0.1, 0.15) is 112 Å². The number of nitrogens with one attached hydrogen (secondary N) is 2. The van der Waals surface area contributed by atoms with E-state index in [1.807, 2.05) is 0 Å². The monoisotopic (exact) mass is 774 g/mol. The molecule has 2 amide bonds. The number of benzene rings is 3. The number of nitrogens with zero attached hydrogens (tertiary/aromatic N) is 5. The molecule has 57 heavy (non-hydrogen) atoms. The van der Waals surface area contributed by atoms with Crippen LogP contribution in [0.2, 0.25) is 0 Å². The molecular formula is C44H52N7O6+. The van der Waals surface area contributed by atoms with Gasteiger partial charge in [0.15, 0.2) is 0 Å². The molecule has 0 unspecified atom stereocenters. The Morgan fingerprint density at radius 3 is 2.42 bits per heavy atom. The van der Waals surface area contributed by atoms with E-state index in [4.69, 9.17) is 15.0 Å². The molecule has 8 rings (SSSR count). The van der Waals surface area contributed by atoms with E-state index < -0.39 is 5.97 Å². The Balaban J connectivity index is 1.04. The van der Waals surface area contributed by atoms with Crippen LogP contribution in [0.3, 0.4) is 0 Å². The lowest BCUT2D eigenvalue weighted by atomic mass is 9.81. The summed E-state index contributed by atoms with van der Waals surface area (Å²) >= 11 is 0. The zero-order valence-corrected chi connectivity index (χ0v) is 32.7. The van der Waals surface area contributed by atoms with Crippen molar-refractivity contribution >= 4 is 29.0 Å². The number of azide groups is 1. The molecule has 0 fully saturated rings. The molecule has 0 spiro atoms. The SMILES string of the molecule is [N-]=[N+]=NCCOCCC(=O)NCCCCCCNC(=O)c1ccc(C(=O)O)c(C2=c3cc4c5c(c3Oc3c2cc2c6c3CCCN6CCC2)CCC[N+]=5CCC4)c1. The lowest BCUT2D eigenvalue weighted by Gasteiger charge is -2.39. The number of carbonyl (C=O) groups is 3. The number of anilines is 1. The number of fused-ring (bicyclic) bond motifs is 4. The fourth-order valence-electron chi connectivity index (χ4n) is 9.52. The minimum atomic E-state index is -1.03. The first-order chi connectivity index (χ1) is 27.9. The van der Waals surface area contributed by atoms with Crippen molar-refractivity contribution in [1.29, 1.82) is 0 Å². The van der Waals surface area contributed by atoms with Gasteiger partial charge in [-0.05, 0) is 98.4 Å². The van der Waals surface area contributed by atoms with E-state index in [1.54, 1.807) is 18.2 Å². The van der Waals surface area contributed by atoms with Gasteiger partial charge in [-0.25, -0.2) is 9.37 Å². The predicted molar refractivity (Wildman–Crippen MR) is 217 cm³/mol. The molecule has 0 aromatic heterocycles. The summed E-state index contributed by atoms with van der Waals surface area (Å²) in [6, 6.07) is 9.52. The molecule has 3 aromatic carbocycles. The van der Waals surface area contributed by atoms with Crippen molar-refractivity contribution in [2.45, 2.75) is 83.5 Å². The van der Waals surface area contributed by atoms with Gasteiger partial charge in [0.1, 0.15) is 24.6 Å². The molecule has 0 saturated heterocycles. The fraction of sp³-hybridized carbons (Fsp3) is 0.500. The fourth-order valence-corrected chi connectivity index (χ4v) is 9.52. The highest BCUT2D eigenvalue weighted by Gasteiger charge is 2.36. The Hall–Kier alpha value is -5.39. The Kier molecular flexibility index (Phi) is 11.7. The maximum absolute atomic E-state index is 13.7. The van der Waals surface area contributed by atoms with E-state index in [2.05, 4.69) is 42.3 Å². The van der Waals surface area contributed by atoms with Gasteiger partial charge < -0.3 is 30.1 Å². The van der Waals surface area contributed by atoms with Gasteiger partial charge in [-0.3, -0.25) is 9.59 Å². The summed E-state index contributed by atoms with van der Waals surface area (Å²) in [5.74, 6) is 0.368. The van der Waals surface area contributed by atoms with Crippen LogP contribution in [-0.4, -0.2) is 81.9 Å². The Morgan fingerprint density at radius 1 is 0.860 bits per heavy atom. The van der Waals surface area contributed by atoms with Crippen molar-refractivity contribution in [3.63, 3.8) is 0 Å². The summed E-state index contributed by atoms with van der Waals surface area (Å²) in [5, 5.41) is 22.3. The normalized spacial score (nSPS) is 16.0. The number of ether oxygens (including phenoxy) is 2. The molecule has 0 atom stereocenters. The molecule has 0 bridgehead atoms. The number of unbranched alkanes of at least 4 members (excludes halogenated alkanes) is 3. The van der Waals surface area contributed by atoms with Gasteiger partial charge in [0, 0.05) is 95.6 Å². The first kappa shape index (κ1) is 38.5. The van der Waals surface area contributed by atoms with Crippen LogP contribution in [0.15, 0.2) is 35.4 Å². The second-order valence-electron chi connectivity index (χ2n) is 15.7. The number of aryl methyl sites for hydroxylation is 2. The third kappa shape index (κ3) is 7.95. The van der Waals surface area contributed by atoms with Crippen LogP contribution in [0, 0.1) is 0 Å². The number of hydrogen-bond acceptors (Lipinski definition) is 7. The third-order valence-electron chi connectivity index (χ3n) is 12.1. The van der Waals surface area contributed by atoms with Crippen LogP contribution < -0.4 is 35.4 Å². The van der Waals surface area contributed by atoms with Gasteiger partial charge in [0.2, 0.25) is 11.3 Å². The molecule has 13 nitrogen and oxygen atoms in total. The summed E-state index contributed by atoms with van der Waals surface area (Å²) in [4.78, 5) is 43.9. The topological polar surface area (TPSA) is 169 Å². The average Bonchev–Trinajstić information content (AvgIpc) is 3.22. The van der Waals surface area contributed by atoms with Crippen LogP contribution in [-0.2, 0) is 35.2 Å². The molecule has 13 heteroatoms. The Bertz CT molecular complexity index is 2270. The lowest BCUT2D eigenvalue weighted by molar-refractivity contribution is -0.122. The van der Waals surface area contributed by atoms with Crippen molar-refractivity contribution in [1.82, 2.24) is 15.2 Å². The van der Waals surface area contributed by atoms with Crippen molar-refractivity contribution in [2.75, 3.05) is 63.9 Å². The molecule has 3 N–H and O–H groups in total. The van der Waals surface area contributed by atoms with Crippen LogP contribution >= 0.6 is 0 Å². The molecule has 3 aromatic rings. The van der Waals surface area contributed by atoms with E-state index in [1.165, 1.54) is 33.3 Å². The Labute approximate surface area is 332 Å². The van der Waals surface area contributed by atoms with Crippen molar-refractivity contribution < 1.29 is 29.0 Å². The summed E-state index contributed by atoms with van der Waals surface area (Å²) in [6.07, 6.45) is 11.7. The maximum Gasteiger partial charge on any atom is 0.336 e. The predicted octanol–water partition coefficient (Wildman–Crippen LogP) is 4.94. The minimum absolute atomic E-state index is 0.0774. The van der Waals surface area contributed by atoms with Gasteiger partial charge in [-0.1, -0.05) is 18.0 Å². The second-order valence-corrected chi connectivity index (χ2v) is 15.7. The van der Waals surface area contributed by atoms with E-state index in [9.17, 15) is 19.5 Å². The number of amides is 2. The number of rotatable bonds is 16. The molecule has 5 heterocycles.